The summed E-state index contributed by atoms with van der Waals surface area (Å²) in [5, 5.41) is 9.06. The Morgan fingerprint density at radius 2 is 1.32 bits per heavy atom. The zero-order valence-corrected chi connectivity index (χ0v) is 22.6. The van der Waals surface area contributed by atoms with Gasteiger partial charge in [-0.15, -0.1) is 18.0 Å². The van der Waals surface area contributed by atoms with E-state index in [1.165, 1.54) is 45.1 Å². The average molecular weight is 480 g/mol. The fourth-order valence-corrected chi connectivity index (χ4v) is 3.15. The van der Waals surface area contributed by atoms with Crippen LogP contribution in [0.5, 0.6) is 0 Å². The van der Waals surface area contributed by atoms with Crippen molar-refractivity contribution in [2.45, 2.75) is 104 Å². The van der Waals surface area contributed by atoms with E-state index in [0.717, 1.165) is 5.92 Å². The molecule has 0 heterocycles. The minimum absolute atomic E-state index is 0. The molecular formula is C21H46LaN3-3. The Balaban J connectivity index is -0.000000359. The van der Waals surface area contributed by atoms with E-state index in [-0.39, 0.29) is 60.3 Å². The molecule has 1 saturated carbocycles. The third-order valence-electron chi connectivity index (χ3n) is 3.84. The van der Waals surface area contributed by atoms with Crippen molar-refractivity contribution in [3.8, 4) is 0 Å². The van der Waals surface area contributed by atoms with Crippen LogP contribution in [0, 0.1) is 48.9 Å². The minimum atomic E-state index is 0. The molecule has 0 aromatic heterocycles. The molecule has 25 heavy (non-hydrogen) atoms. The van der Waals surface area contributed by atoms with Gasteiger partial charge in [0.1, 0.15) is 0 Å². The van der Waals surface area contributed by atoms with E-state index in [1.54, 1.807) is 0 Å². The molecule has 0 bridgehead atoms. The monoisotopic (exact) mass is 479 g/mol. The molecule has 0 atom stereocenters. The van der Waals surface area contributed by atoms with Crippen molar-refractivity contribution in [2.75, 3.05) is 20.6 Å². The van der Waals surface area contributed by atoms with Gasteiger partial charge in [-0.1, -0.05) is 67.2 Å². The molecule has 1 aliphatic carbocycles. The molecule has 0 amide bonds. The van der Waals surface area contributed by atoms with Crippen LogP contribution in [0.4, 0.5) is 0 Å². The molecule has 0 unspecified atom stereocenters. The van der Waals surface area contributed by atoms with Crippen LogP contribution in [0.1, 0.15) is 87.0 Å². The smallest absolute Gasteiger partial charge is 0 e. The number of nitrogens with zero attached hydrogens (tertiary/aromatic N) is 3. The van der Waals surface area contributed by atoms with Crippen molar-refractivity contribution in [1.82, 2.24) is 4.90 Å². The first-order chi connectivity index (χ1) is 10.4. The Kier molecular flexibility index (Phi) is 18.5. The van der Waals surface area contributed by atoms with Crippen LogP contribution in [-0.2, 0) is 0 Å². The Morgan fingerprint density at radius 1 is 0.920 bits per heavy atom. The Hall–Kier alpha value is 1.07. The maximum Gasteiger partial charge on any atom is 0 e. The van der Waals surface area contributed by atoms with Gasteiger partial charge in [0.25, 0.3) is 0 Å². The predicted molar refractivity (Wildman–Crippen MR) is 112 cm³/mol. The molecule has 3 nitrogen and oxygen atoms in total. The molecule has 1 fully saturated rings. The molecule has 1 radical (unpaired) electrons. The van der Waals surface area contributed by atoms with Crippen molar-refractivity contribution in [1.29, 1.82) is 0 Å². The maximum atomic E-state index is 4.53. The van der Waals surface area contributed by atoms with Gasteiger partial charge < -0.3 is 23.0 Å². The third kappa shape index (κ3) is 23.0. The van der Waals surface area contributed by atoms with E-state index in [1.807, 2.05) is 6.92 Å². The topological polar surface area (TPSA) is 31.4 Å². The van der Waals surface area contributed by atoms with Crippen molar-refractivity contribution in [3.63, 3.8) is 0 Å². The van der Waals surface area contributed by atoms with Gasteiger partial charge in [0.2, 0.25) is 0 Å². The van der Waals surface area contributed by atoms with Gasteiger partial charge in [-0.25, -0.2) is 6.17 Å². The third-order valence-corrected chi connectivity index (χ3v) is 3.84. The summed E-state index contributed by atoms with van der Waals surface area (Å²) in [5.41, 5.74) is 0.0440. The van der Waals surface area contributed by atoms with E-state index in [9.17, 15) is 0 Å². The van der Waals surface area contributed by atoms with Crippen molar-refractivity contribution in [2.24, 2.45) is 5.92 Å². The molecule has 0 saturated heterocycles. The predicted octanol–water partition coefficient (Wildman–Crippen LogP) is 6.65. The van der Waals surface area contributed by atoms with Crippen LogP contribution >= 0.6 is 0 Å². The van der Waals surface area contributed by atoms with E-state index in [2.05, 4.69) is 71.2 Å². The molecule has 1 rings (SSSR count). The molecular weight excluding hydrogens is 433 g/mol. The van der Waals surface area contributed by atoms with Gasteiger partial charge in [-0.2, -0.15) is 0 Å². The summed E-state index contributed by atoms with van der Waals surface area (Å²) < 4.78 is 0. The molecule has 0 aliphatic heterocycles. The molecule has 0 N–H and O–H groups in total. The zero-order chi connectivity index (χ0) is 18.1. The summed E-state index contributed by atoms with van der Waals surface area (Å²) >= 11 is 0. The second-order valence-electron chi connectivity index (χ2n) is 9.33. The SMILES string of the molecule is CC([N-]C(C)(C)C)[N-]C(C)(C)C.CN(C)CCCC1CCCC1.[CH3-].[La]. The molecule has 0 spiro atoms. The van der Waals surface area contributed by atoms with Crippen molar-refractivity contribution < 1.29 is 35.6 Å². The van der Waals surface area contributed by atoms with Crippen LogP contribution in [0.2, 0.25) is 0 Å². The van der Waals surface area contributed by atoms with Gasteiger partial charge in [0, 0.05) is 35.6 Å². The van der Waals surface area contributed by atoms with Crippen LogP contribution in [0.25, 0.3) is 10.6 Å². The molecule has 0 aromatic carbocycles. The fraction of sp³-hybridized carbons (Fsp3) is 0.952. The van der Waals surface area contributed by atoms with Crippen LogP contribution in [-0.4, -0.2) is 42.8 Å². The second kappa shape index (κ2) is 15.1. The first-order valence-electron chi connectivity index (χ1n) is 9.48. The average Bonchev–Trinajstić information content (AvgIpc) is 2.76. The van der Waals surface area contributed by atoms with Crippen molar-refractivity contribution in [3.05, 3.63) is 18.1 Å². The maximum absolute atomic E-state index is 4.53. The summed E-state index contributed by atoms with van der Waals surface area (Å²) in [6.45, 7) is 15.9. The summed E-state index contributed by atoms with van der Waals surface area (Å²) in [5.74, 6) is 1.08. The normalized spacial score (nSPS) is 15.5. The zero-order valence-electron chi connectivity index (χ0n) is 19.0. The number of hydrogen-bond donors (Lipinski definition) is 0. The quantitative estimate of drug-likeness (QED) is 0.393. The van der Waals surface area contributed by atoms with E-state index >= 15 is 0 Å². The van der Waals surface area contributed by atoms with Gasteiger partial charge >= 0.3 is 0 Å². The van der Waals surface area contributed by atoms with Gasteiger partial charge in [0.15, 0.2) is 0 Å². The van der Waals surface area contributed by atoms with Crippen molar-refractivity contribution >= 4 is 0 Å². The summed E-state index contributed by atoms with van der Waals surface area (Å²) in [6, 6.07) is 0. The van der Waals surface area contributed by atoms with Crippen LogP contribution < -0.4 is 0 Å². The Morgan fingerprint density at radius 3 is 1.64 bits per heavy atom. The van der Waals surface area contributed by atoms with Crippen LogP contribution in [0.3, 0.4) is 0 Å². The molecule has 0 aromatic rings. The Labute approximate surface area is 188 Å². The first kappa shape index (κ1) is 30.8. The molecule has 1 aliphatic rings. The van der Waals surface area contributed by atoms with Gasteiger partial charge in [-0.05, 0) is 39.4 Å². The minimum Gasteiger partial charge on any atom is -0.673 e. The van der Waals surface area contributed by atoms with E-state index in [0.29, 0.717) is 0 Å². The summed E-state index contributed by atoms with van der Waals surface area (Å²) in [7, 11) is 4.32. The largest absolute Gasteiger partial charge is 0.673 e. The fourth-order valence-electron chi connectivity index (χ4n) is 3.15. The van der Waals surface area contributed by atoms with Crippen LogP contribution in [0.15, 0.2) is 0 Å². The molecule has 4 heteroatoms. The van der Waals surface area contributed by atoms with E-state index < -0.39 is 0 Å². The second-order valence-corrected chi connectivity index (χ2v) is 9.33. The first-order valence-corrected chi connectivity index (χ1v) is 9.48. The molecule has 151 valence electrons. The summed E-state index contributed by atoms with van der Waals surface area (Å²) in [4.78, 5) is 2.29. The standard InChI is InChI=1S/C10H22N2.C10H21N.CH3.La/c1-8(11-9(2,3)4)12-10(5,6)7;1-11(2)9-5-8-10-6-3-4-7-10;;/h8H,1-7H3;10H,3-9H2,1-2H3;1H3;/q-2;;-1;. The van der Waals surface area contributed by atoms with E-state index in [4.69, 9.17) is 0 Å². The van der Waals surface area contributed by atoms with Gasteiger partial charge in [0.05, 0.1) is 0 Å². The van der Waals surface area contributed by atoms with Gasteiger partial charge in [-0.3, -0.25) is 0 Å². The number of hydrogen-bond acceptors (Lipinski definition) is 1. The number of rotatable bonds is 6. The summed E-state index contributed by atoms with van der Waals surface area (Å²) in [6.07, 6.45) is 8.97. The Bertz CT molecular complexity index is 270.